The quantitative estimate of drug-likeness (QED) is 0.252. The van der Waals surface area contributed by atoms with Gasteiger partial charge in [0.05, 0.1) is 6.10 Å². The largest absolute Gasteiger partial charge is 0.484 e. The van der Waals surface area contributed by atoms with Crippen LogP contribution >= 0.6 is 24.0 Å². The number of guanidine groups is 1. The first-order valence-corrected chi connectivity index (χ1v) is 10.1. The van der Waals surface area contributed by atoms with Crippen LogP contribution in [0.25, 0.3) is 0 Å². The lowest BCUT2D eigenvalue weighted by atomic mass is 9.58. The predicted octanol–water partition coefficient (Wildman–Crippen LogP) is 2.82. The molecule has 7 nitrogen and oxygen atoms in total. The fourth-order valence-corrected chi connectivity index (χ4v) is 4.03. The fourth-order valence-electron chi connectivity index (χ4n) is 4.03. The molecular weight excluding hydrogens is 483 g/mol. The second-order valence-corrected chi connectivity index (χ2v) is 7.15. The molecule has 1 saturated carbocycles. The molecule has 0 radical (unpaired) electrons. The minimum absolute atomic E-state index is 0. The van der Waals surface area contributed by atoms with Crippen molar-refractivity contribution in [2.45, 2.75) is 58.7 Å². The number of carbonyl (C=O) groups is 1. The number of carbonyl (C=O) groups excluding carboxylic acids is 1. The molecule has 2 unspecified atom stereocenters. The lowest BCUT2D eigenvalue weighted by molar-refractivity contribution is -0.133. The average Bonchev–Trinajstić information content (AvgIpc) is 2.69. The van der Waals surface area contributed by atoms with Gasteiger partial charge in [-0.2, -0.15) is 0 Å². The highest BCUT2D eigenvalue weighted by Crippen LogP contribution is 2.48. The van der Waals surface area contributed by atoms with Crippen molar-refractivity contribution in [2.75, 3.05) is 20.3 Å². The van der Waals surface area contributed by atoms with E-state index in [9.17, 15) is 4.79 Å². The molecule has 2 atom stereocenters. The summed E-state index contributed by atoms with van der Waals surface area (Å²) in [7, 11) is 1.78. The summed E-state index contributed by atoms with van der Waals surface area (Å²) in [4.78, 5) is 15.2. The molecule has 0 spiro atoms. The van der Waals surface area contributed by atoms with Crippen molar-refractivity contribution in [3.05, 3.63) is 29.8 Å². The standard InChI is InChI=1S/C21H34N4O3.HI/c1-5-21(6-2)17(12-18(21)27-7-3)25-20(23-4)24-13-15-9-8-10-16(11-15)28-14-19(22)26;/h8-11,17-18H,5-7,12-14H2,1-4H3,(H2,22,26)(H2,23,24,25);1H. The second-order valence-electron chi connectivity index (χ2n) is 7.15. The van der Waals surface area contributed by atoms with Crippen LogP contribution in [0.3, 0.4) is 0 Å². The van der Waals surface area contributed by atoms with E-state index in [-0.39, 0.29) is 36.0 Å². The molecule has 0 heterocycles. The van der Waals surface area contributed by atoms with Crippen molar-refractivity contribution in [1.82, 2.24) is 10.6 Å². The summed E-state index contributed by atoms with van der Waals surface area (Å²) in [5, 5.41) is 6.94. The number of rotatable bonds is 10. The van der Waals surface area contributed by atoms with Gasteiger partial charge in [0.25, 0.3) is 5.91 Å². The highest BCUT2D eigenvalue weighted by atomic mass is 127. The summed E-state index contributed by atoms with van der Waals surface area (Å²) in [5.74, 6) is 0.902. The van der Waals surface area contributed by atoms with Crippen LogP contribution in [0.5, 0.6) is 5.75 Å². The molecule has 1 amide bonds. The smallest absolute Gasteiger partial charge is 0.255 e. The number of hydrogen-bond donors (Lipinski definition) is 3. The van der Waals surface area contributed by atoms with E-state index in [1.807, 2.05) is 18.2 Å². The fraction of sp³-hybridized carbons (Fsp3) is 0.619. The van der Waals surface area contributed by atoms with Crippen molar-refractivity contribution in [1.29, 1.82) is 0 Å². The minimum atomic E-state index is -0.491. The molecule has 0 aromatic heterocycles. The summed E-state index contributed by atoms with van der Waals surface area (Å²) in [6, 6.07) is 7.92. The molecule has 1 aliphatic carbocycles. The first kappa shape index (κ1) is 25.5. The number of ether oxygens (including phenoxy) is 2. The summed E-state index contributed by atoms with van der Waals surface area (Å²) in [6.07, 6.45) is 3.44. The average molecular weight is 518 g/mol. The van der Waals surface area contributed by atoms with E-state index in [2.05, 4.69) is 36.4 Å². The van der Waals surface area contributed by atoms with Gasteiger partial charge in [-0.3, -0.25) is 9.79 Å². The van der Waals surface area contributed by atoms with Gasteiger partial charge in [-0.05, 0) is 43.9 Å². The third-order valence-corrected chi connectivity index (χ3v) is 5.74. The Morgan fingerprint density at radius 2 is 2.03 bits per heavy atom. The molecule has 1 aromatic rings. The molecule has 4 N–H and O–H groups in total. The van der Waals surface area contributed by atoms with Crippen molar-refractivity contribution in [2.24, 2.45) is 16.1 Å². The van der Waals surface area contributed by atoms with Crippen LogP contribution < -0.4 is 21.1 Å². The van der Waals surface area contributed by atoms with Crippen LogP contribution in [0.2, 0.25) is 0 Å². The maximum Gasteiger partial charge on any atom is 0.255 e. The first-order chi connectivity index (χ1) is 13.5. The number of nitrogens with one attached hydrogen (secondary N) is 2. The third kappa shape index (κ3) is 6.47. The normalized spacial score (nSPS) is 20.2. The summed E-state index contributed by atoms with van der Waals surface area (Å²) >= 11 is 0. The van der Waals surface area contributed by atoms with Crippen molar-refractivity contribution < 1.29 is 14.3 Å². The Morgan fingerprint density at radius 1 is 1.31 bits per heavy atom. The summed E-state index contributed by atoms with van der Waals surface area (Å²) in [6.45, 7) is 7.74. The van der Waals surface area contributed by atoms with Crippen LogP contribution in [-0.2, 0) is 16.1 Å². The van der Waals surface area contributed by atoms with E-state index in [4.69, 9.17) is 15.2 Å². The molecular formula is C21H35IN4O3. The zero-order valence-electron chi connectivity index (χ0n) is 17.9. The van der Waals surface area contributed by atoms with E-state index in [0.29, 0.717) is 24.4 Å². The number of benzene rings is 1. The number of primary amides is 1. The molecule has 0 aliphatic heterocycles. The number of nitrogens with zero attached hydrogens (tertiary/aromatic N) is 1. The van der Waals surface area contributed by atoms with Crippen molar-refractivity contribution in [3.63, 3.8) is 0 Å². The highest BCUT2D eigenvalue weighted by Gasteiger charge is 2.53. The SMILES string of the molecule is CCOC1CC(NC(=NC)NCc2cccc(OCC(N)=O)c2)C1(CC)CC.I. The van der Waals surface area contributed by atoms with Crippen molar-refractivity contribution >= 4 is 35.8 Å². The van der Waals surface area contributed by atoms with Crippen LogP contribution in [-0.4, -0.2) is 44.3 Å². The number of halogens is 1. The van der Waals surface area contributed by atoms with Gasteiger partial charge in [0, 0.05) is 31.7 Å². The van der Waals surface area contributed by atoms with E-state index in [0.717, 1.165) is 37.4 Å². The van der Waals surface area contributed by atoms with Gasteiger partial charge in [0.15, 0.2) is 12.6 Å². The van der Waals surface area contributed by atoms with Gasteiger partial charge < -0.3 is 25.8 Å². The van der Waals surface area contributed by atoms with Crippen LogP contribution in [0.1, 0.15) is 45.6 Å². The molecule has 0 bridgehead atoms. The lowest BCUT2D eigenvalue weighted by Crippen LogP contribution is -2.65. The molecule has 164 valence electrons. The zero-order chi connectivity index (χ0) is 20.6. The maximum absolute atomic E-state index is 10.9. The second kappa shape index (κ2) is 12.2. The van der Waals surface area contributed by atoms with Gasteiger partial charge >= 0.3 is 0 Å². The summed E-state index contributed by atoms with van der Waals surface area (Å²) < 4.78 is 11.3. The minimum Gasteiger partial charge on any atom is -0.484 e. The van der Waals surface area contributed by atoms with Crippen LogP contribution in [0.4, 0.5) is 0 Å². The maximum atomic E-state index is 10.9. The number of hydrogen-bond acceptors (Lipinski definition) is 4. The number of amides is 1. The molecule has 0 saturated heterocycles. The monoisotopic (exact) mass is 518 g/mol. The Balaban J connectivity index is 0.00000420. The molecule has 2 rings (SSSR count). The topological polar surface area (TPSA) is 98.0 Å². The van der Waals surface area contributed by atoms with E-state index in [1.54, 1.807) is 13.1 Å². The molecule has 1 aromatic carbocycles. The van der Waals surface area contributed by atoms with E-state index in [1.165, 1.54) is 0 Å². The first-order valence-electron chi connectivity index (χ1n) is 10.1. The molecule has 8 heteroatoms. The van der Waals surface area contributed by atoms with Crippen LogP contribution in [0.15, 0.2) is 29.3 Å². The predicted molar refractivity (Wildman–Crippen MR) is 127 cm³/mol. The Kier molecular flexibility index (Phi) is 10.7. The zero-order valence-corrected chi connectivity index (χ0v) is 20.2. The molecule has 29 heavy (non-hydrogen) atoms. The Labute approximate surface area is 191 Å². The highest BCUT2D eigenvalue weighted by molar-refractivity contribution is 14.0. The van der Waals surface area contributed by atoms with E-state index >= 15 is 0 Å². The Hall–Kier alpha value is -1.55. The lowest BCUT2D eigenvalue weighted by Gasteiger charge is -2.55. The molecule has 1 fully saturated rings. The van der Waals surface area contributed by atoms with Crippen molar-refractivity contribution in [3.8, 4) is 5.75 Å². The Morgan fingerprint density at radius 3 is 2.62 bits per heavy atom. The number of nitrogens with two attached hydrogens (primary N) is 1. The van der Waals surface area contributed by atoms with Gasteiger partial charge in [0.2, 0.25) is 0 Å². The van der Waals surface area contributed by atoms with Gasteiger partial charge in [0.1, 0.15) is 5.75 Å². The Bertz CT molecular complexity index is 680. The van der Waals surface area contributed by atoms with Gasteiger partial charge in [-0.25, -0.2) is 0 Å². The molecule has 1 aliphatic rings. The van der Waals surface area contributed by atoms with Gasteiger partial charge in [-0.15, -0.1) is 24.0 Å². The van der Waals surface area contributed by atoms with Gasteiger partial charge in [-0.1, -0.05) is 26.0 Å². The number of aliphatic imine (C=N–C) groups is 1. The van der Waals surface area contributed by atoms with Crippen LogP contribution in [0, 0.1) is 5.41 Å². The third-order valence-electron chi connectivity index (χ3n) is 5.74. The van der Waals surface area contributed by atoms with E-state index < -0.39 is 5.91 Å². The summed E-state index contributed by atoms with van der Waals surface area (Å²) in [5.41, 5.74) is 6.30.